The molecule has 0 bridgehead atoms. The molecule has 0 radical (unpaired) electrons. The maximum absolute atomic E-state index is 12.4. The Hall–Kier alpha value is -2.58. The van der Waals surface area contributed by atoms with E-state index in [4.69, 9.17) is 14.2 Å². The van der Waals surface area contributed by atoms with Crippen LogP contribution in [0.15, 0.2) is 48.5 Å². The summed E-state index contributed by atoms with van der Waals surface area (Å²) in [5.41, 5.74) is 0.656. The molecule has 0 aromatic heterocycles. The second-order valence-electron chi connectivity index (χ2n) is 7.93. The molecule has 1 aliphatic heterocycles. The van der Waals surface area contributed by atoms with Crippen LogP contribution >= 0.6 is 0 Å². The molecule has 162 valence electrons. The number of hydrogen-bond acceptors (Lipinski definition) is 6. The van der Waals surface area contributed by atoms with Gasteiger partial charge in [-0.05, 0) is 37.6 Å². The van der Waals surface area contributed by atoms with E-state index < -0.39 is 33.7 Å². The summed E-state index contributed by atoms with van der Waals surface area (Å²) in [6.45, 7) is 5.20. The summed E-state index contributed by atoms with van der Waals surface area (Å²) in [6.07, 6.45) is 0.280. The fraction of sp³-hybridized carbons (Fsp3) is 0.409. The van der Waals surface area contributed by atoms with Gasteiger partial charge in [0.15, 0.2) is 6.10 Å². The van der Waals surface area contributed by atoms with Crippen LogP contribution in [0.25, 0.3) is 0 Å². The van der Waals surface area contributed by atoms with Crippen LogP contribution in [0.1, 0.15) is 37.9 Å². The average Bonchev–Trinajstić information content (AvgIpc) is 2.66. The Morgan fingerprint density at radius 1 is 1.17 bits per heavy atom. The summed E-state index contributed by atoms with van der Waals surface area (Å²) in [4.78, 5) is 11.8. The summed E-state index contributed by atoms with van der Waals surface area (Å²) < 4.78 is 43.5. The van der Waals surface area contributed by atoms with Gasteiger partial charge in [-0.1, -0.05) is 30.3 Å². The minimum absolute atomic E-state index is 0.367. The molecule has 0 N–H and O–H groups in total. The molecule has 0 amide bonds. The third-order valence-electron chi connectivity index (χ3n) is 5.10. The molecule has 2 atom stereocenters. The quantitative estimate of drug-likeness (QED) is 0.650. The molecule has 0 aliphatic carbocycles. The van der Waals surface area contributed by atoms with E-state index in [2.05, 4.69) is 0 Å². The van der Waals surface area contributed by atoms with Crippen molar-refractivity contribution in [1.29, 1.82) is 0 Å². The van der Waals surface area contributed by atoms with Crippen molar-refractivity contribution in [3.63, 3.8) is 0 Å². The second-order valence-corrected chi connectivity index (χ2v) is 9.98. The maximum atomic E-state index is 12.4. The number of sulfonamides is 1. The van der Waals surface area contributed by atoms with Crippen molar-refractivity contribution in [2.75, 3.05) is 13.3 Å². The van der Waals surface area contributed by atoms with Gasteiger partial charge in [-0.2, -0.15) is 4.31 Å². The minimum Gasteiger partial charge on any atom is -0.489 e. The van der Waals surface area contributed by atoms with Gasteiger partial charge in [-0.25, -0.2) is 8.42 Å². The molecule has 7 nitrogen and oxygen atoms in total. The summed E-state index contributed by atoms with van der Waals surface area (Å²) in [7, 11) is -2.12. The molecule has 0 saturated heterocycles. The van der Waals surface area contributed by atoms with E-state index in [0.29, 0.717) is 23.7 Å². The van der Waals surface area contributed by atoms with E-state index in [1.54, 1.807) is 32.0 Å². The van der Waals surface area contributed by atoms with E-state index in [-0.39, 0.29) is 0 Å². The largest absolute Gasteiger partial charge is 0.489 e. The SMILES string of the molecule is CC(=O)OC1C(N(C)S(C)(=O)=O)c2cc(OCc3ccccc3)ccc2OC1(C)C. The number of nitrogens with zero attached hydrogens (tertiary/aromatic N) is 1. The van der Waals surface area contributed by atoms with Gasteiger partial charge in [0.2, 0.25) is 10.0 Å². The Kier molecular flexibility index (Phi) is 6.10. The Balaban J connectivity index is 2.01. The van der Waals surface area contributed by atoms with Crippen molar-refractivity contribution in [2.24, 2.45) is 0 Å². The molecular formula is C22H27NO6S. The molecular weight excluding hydrogens is 406 g/mol. The molecule has 2 unspecified atom stereocenters. The van der Waals surface area contributed by atoms with E-state index in [0.717, 1.165) is 11.8 Å². The lowest BCUT2D eigenvalue weighted by Crippen LogP contribution is -2.55. The maximum Gasteiger partial charge on any atom is 0.303 e. The van der Waals surface area contributed by atoms with Gasteiger partial charge in [0.05, 0.1) is 12.3 Å². The standard InChI is InChI=1S/C22H27NO6S/c1-15(24)28-21-20(23(4)30(5,25)26)18-13-17(11-12-19(18)29-22(21,2)3)27-14-16-9-7-6-8-10-16/h6-13,20-21H,14H2,1-5H3. The first kappa shape index (κ1) is 22.1. The number of esters is 1. The van der Waals surface area contributed by atoms with E-state index in [9.17, 15) is 13.2 Å². The normalized spacial score (nSPS) is 20.2. The van der Waals surface area contributed by atoms with Crippen molar-refractivity contribution in [1.82, 2.24) is 4.31 Å². The number of benzene rings is 2. The third-order valence-corrected chi connectivity index (χ3v) is 6.37. The molecule has 2 aromatic rings. The lowest BCUT2D eigenvalue weighted by molar-refractivity contribution is -0.165. The zero-order chi connectivity index (χ0) is 22.1. The van der Waals surface area contributed by atoms with Gasteiger partial charge in [0, 0.05) is 19.5 Å². The molecule has 3 rings (SSSR count). The number of ether oxygens (including phenoxy) is 3. The predicted octanol–water partition coefficient (Wildman–Crippen LogP) is 3.30. The van der Waals surface area contributed by atoms with E-state index in [1.165, 1.54) is 18.3 Å². The topological polar surface area (TPSA) is 82.1 Å². The van der Waals surface area contributed by atoms with E-state index >= 15 is 0 Å². The third kappa shape index (κ3) is 4.76. The predicted molar refractivity (Wildman–Crippen MR) is 113 cm³/mol. The first-order valence-electron chi connectivity index (χ1n) is 9.59. The van der Waals surface area contributed by atoms with Gasteiger partial charge < -0.3 is 14.2 Å². The highest BCUT2D eigenvalue weighted by Crippen LogP contribution is 2.46. The monoisotopic (exact) mass is 433 g/mol. The zero-order valence-electron chi connectivity index (χ0n) is 17.8. The fourth-order valence-electron chi connectivity index (χ4n) is 3.54. The van der Waals surface area contributed by atoms with Gasteiger partial charge in [0.25, 0.3) is 0 Å². The van der Waals surface area contributed by atoms with Crippen LogP contribution in [0.2, 0.25) is 0 Å². The number of likely N-dealkylation sites (N-methyl/N-ethyl adjacent to an activating group) is 1. The van der Waals surface area contributed by atoms with Crippen LogP contribution in [0, 0.1) is 0 Å². The number of carbonyl (C=O) groups excluding carboxylic acids is 1. The molecule has 2 aromatic carbocycles. The second kappa shape index (κ2) is 8.28. The molecule has 8 heteroatoms. The molecule has 1 aliphatic rings. The van der Waals surface area contributed by atoms with Crippen LogP contribution < -0.4 is 9.47 Å². The Labute approximate surface area is 177 Å². The Morgan fingerprint density at radius 3 is 2.43 bits per heavy atom. The highest BCUT2D eigenvalue weighted by molar-refractivity contribution is 7.88. The van der Waals surface area contributed by atoms with Crippen LogP contribution in [-0.4, -0.2) is 43.7 Å². The number of fused-ring (bicyclic) bond motifs is 1. The summed E-state index contributed by atoms with van der Waals surface area (Å²) in [6, 6.07) is 14.2. The van der Waals surface area contributed by atoms with Crippen molar-refractivity contribution in [2.45, 2.75) is 45.1 Å². The molecule has 0 fully saturated rings. The minimum atomic E-state index is -3.59. The van der Waals surface area contributed by atoms with Gasteiger partial charge in [-0.15, -0.1) is 0 Å². The average molecular weight is 434 g/mol. The van der Waals surface area contributed by atoms with Gasteiger partial charge >= 0.3 is 5.97 Å². The Bertz CT molecular complexity index is 1020. The van der Waals surface area contributed by atoms with Gasteiger partial charge in [0.1, 0.15) is 23.7 Å². The Morgan fingerprint density at radius 2 is 1.83 bits per heavy atom. The first-order chi connectivity index (χ1) is 14.0. The molecule has 0 spiro atoms. The highest BCUT2D eigenvalue weighted by Gasteiger charge is 2.49. The molecule has 0 saturated carbocycles. The number of rotatable bonds is 6. The first-order valence-corrected chi connectivity index (χ1v) is 11.4. The lowest BCUT2D eigenvalue weighted by atomic mass is 9.86. The van der Waals surface area contributed by atoms with Crippen LogP contribution in [0.4, 0.5) is 0 Å². The number of carbonyl (C=O) groups is 1. The fourth-order valence-corrected chi connectivity index (χ4v) is 4.18. The summed E-state index contributed by atoms with van der Waals surface area (Å²) in [5, 5.41) is 0. The van der Waals surface area contributed by atoms with Crippen molar-refractivity contribution in [3.8, 4) is 11.5 Å². The smallest absolute Gasteiger partial charge is 0.303 e. The van der Waals surface area contributed by atoms with Crippen molar-refractivity contribution >= 4 is 16.0 Å². The van der Waals surface area contributed by atoms with E-state index in [1.807, 2.05) is 30.3 Å². The molecule has 30 heavy (non-hydrogen) atoms. The lowest BCUT2D eigenvalue weighted by Gasteiger charge is -2.46. The van der Waals surface area contributed by atoms with Crippen LogP contribution in [0.5, 0.6) is 11.5 Å². The summed E-state index contributed by atoms with van der Waals surface area (Å²) >= 11 is 0. The van der Waals surface area contributed by atoms with Crippen LogP contribution in [0.3, 0.4) is 0 Å². The zero-order valence-corrected chi connectivity index (χ0v) is 18.6. The number of hydrogen-bond donors (Lipinski definition) is 0. The van der Waals surface area contributed by atoms with Gasteiger partial charge in [-0.3, -0.25) is 4.79 Å². The van der Waals surface area contributed by atoms with Crippen molar-refractivity contribution in [3.05, 3.63) is 59.7 Å². The molecule has 1 heterocycles. The summed E-state index contributed by atoms with van der Waals surface area (Å²) in [5.74, 6) is 0.578. The van der Waals surface area contributed by atoms with Crippen molar-refractivity contribution < 1.29 is 27.4 Å². The van der Waals surface area contributed by atoms with Crippen LogP contribution in [-0.2, 0) is 26.2 Å². The highest BCUT2D eigenvalue weighted by atomic mass is 32.2.